The Morgan fingerprint density at radius 3 is 2.38 bits per heavy atom. The maximum Gasteiger partial charge on any atom is 0.0403 e. The van der Waals surface area contributed by atoms with E-state index in [0.29, 0.717) is 0 Å². The summed E-state index contributed by atoms with van der Waals surface area (Å²) in [6.45, 7) is 2.01. The first kappa shape index (κ1) is 9.59. The van der Waals surface area contributed by atoms with Crippen LogP contribution >= 0.6 is 0 Å². The van der Waals surface area contributed by atoms with E-state index in [2.05, 4.69) is 17.0 Å². The minimum Gasteiger partial charge on any atom is -0.351 e. The van der Waals surface area contributed by atoms with Crippen LogP contribution in [0.3, 0.4) is 0 Å². The monoisotopic (exact) mass is 173 g/mol. The third-order valence-electron chi connectivity index (χ3n) is 1.78. The molecule has 1 aromatic rings. The van der Waals surface area contributed by atoms with Crippen molar-refractivity contribution in [2.45, 2.75) is 6.92 Å². The van der Waals surface area contributed by atoms with Crippen molar-refractivity contribution < 1.29 is 0 Å². The number of rotatable bonds is 3. The van der Waals surface area contributed by atoms with Crippen molar-refractivity contribution in [3.8, 4) is 0 Å². The molecule has 68 valence electrons. The number of benzene rings is 1. The molecule has 0 N–H and O–H groups in total. The molecule has 0 aromatic heterocycles. The largest absolute Gasteiger partial charge is 0.351 e. The van der Waals surface area contributed by atoms with Gasteiger partial charge in [-0.15, -0.1) is 0 Å². The highest BCUT2D eigenvalue weighted by Gasteiger charge is 1.91. The Morgan fingerprint density at radius 2 is 1.77 bits per heavy atom. The lowest BCUT2D eigenvalue weighted by Crippen LogP contribution is -2.06. The smallest absolute Gasteiger partial charge is 0.0403 e. The van der Waals surface area contributed by atoms with Gasteiger partial charge < -0.3 is 4.90 Å². The van der Waals surface area contributed by atoms with Crippen LogP contribution in [0, 0.1) is 0 Å². The Morgan fingerprint density at radius 1 is 1.08 bits per heavy atom. The zero-order valence-corrected chi connectivity index (χ0v) is 8.14. The standard InChI is InChI=1S/C12H15N/c1-3-4-8-11-13(2)12-9-6-5-7-10-12/h3-11H,1-2H3/b4-3+,11-8+. The van der Waals surface area contributed by atoms with Crippen LogP contribution in [0.15, 0.2) is 54.8 Å². The summed E-state index contributed by atoms with van der Waals surface area (Å²) in [7, 11) is 2.04. The van der Waals surface area contributed by atoms with Gasteiger partial charge in [0, 0.05) is 18.9 Å². The van der Waals surface area contributed by atoms with Crippen LogP contribution < -0.4 is 4.90 Å². The van der Waals surface area contributed by atoms with E-state index < -0.39 is 0 Å². The van der Waals surface area contributed by atoms with E-state index in [4.69, 9.17) is 0 Å². The van der Waals surface area contributed by atoms with Gasteiger partial charge in [-0.05, 0) is 25.1 Å². The summed E-state index contributed by atoms with van der Waals surface area (Å²) in [6, 6.07) is 10.3. The van der Waals surface area contributed by atoms with Crippen LogP contribution in [-0.4, -0.2) is 7.05 Å². The molecule has 1 aromatic carbocycles. The minimum atomic E-state index is 1.20. The molecule has 0 saturated heterocycles. The van der Waals surface area contributed by atoms with Crippen molar-refractivity contribution in [2.24, 2.45) is 0 Å². The SMILES string of the molecule is C/C=C/C=C/N(C)c1ccccc1. The van der Waals surface area contributed by atoms with Crippen LogP contribution in [0.2, 0.25) is 0 Å². The van der Waals surface area contributed by atoms with Gasteiger partial charge in [-0.2, -0.15) is 0 Å². The van der Waals surface area contributed by atoms with Crippen LogP contribution in [0.25, 0.3) is 0 Å². The lowest BCUT2D eigenvalue weighted by Gasteiger charge is -2.12. The molecule has 0 amide bonds. The lowest BCUT2D eigenvalue weighted by atomic mass is 10.3. The Labute approximate surface area is 80.0 Å². The van der Waals surface area contributed by atoms with E-state index >= 15 is 0 Å². The second kappa shape index (κ2) is 5.20. The number of hydrogen-bond acceptors (Lipinski definition) is 1. The minimum absolute atomic E-state index is 1.20. The summed E-state index contributed by atoms with van der Waals surface area (Å²) >= 11 is 0. The number of para-hydroxylation sites is 1. The number of anilines is 1. The molecule has 0 aliphatic carbocycles. The fraction of sp³-hybridized carbons (Fsp3) is 0.167. The summed E-state index contributed by atoms with van der Waals surface area (Å²) in [5.74, 6) is 0. The molecule has 1 rings (SSSR count). The molecule has 0 unspecified atom stereocenters. The number of hydrogen-bond donors (Lipinski definition) is 0. The fourth-order valence-electron chi connectivity index (χ4n) is 1.04. The van der Waals surface area contributed by atoms with Crippen molar-refractivity contribution in [3.63, 3.8) is 0 Å². The molecule has 0 bridgehead atoms. The Balaban J connectivity index is 2.63. The van der Waals surface area contributed by atoms with Crippen molar-refractivity contribution in [1.29, 1.82) is 0 Å². The van der Waals surface area contributed by atoms with Gasteiger partial charge >= 0.3 is 0 Å². The summed E-state index contributed by atoms with van der Waals surface area (Å²) in [6.07, 6.45) is 8.08. The summed E-state index contributed by atoms with van der Waals surface area (Å²) in [4.78, 5) is 2.08. The quantitative estimate of drug-likeness (QED) is 0.634. The fourth-order valence-corrected chi connectivity index (χ4v) is 1.04. The zero-order chi connectivity index (χ0) is 9.52. The predicted octanol–water partition coefficient (Wildman–Crippen LogP) is 3.21. The molecule has 1 heteroatoms. The maximum absolute atomic E-state index is 2.08. The van der Waals surface area contributed by atoms with Gasteiger partial charge in [0.15, 0.2) is 0 Å². The average Bonchev–Trinajstić information content (AvgIpc) is 2.19. The molecule has 0 spiro atoms. The van der Waals surface area contributed by atoms with Crippen LogP contribution in [0.4, 0.5) is 5.69 Å². The van der Waals surface area contributed by atoms with E-state index in [1.165, 1.54) is 5.69 Å². The second-order valence-corrected chi connectivity index (χ2v) is 2.81. The van der Waals surface area contributed by atoms with Gasteiger partial charge in [0.05, 0.1) is 0 Å². The average molecular weight is 173 g/mol. The Hall–Kier alpha value is -1.50. The molecule has 0 atom stereocenters. The second-order valence-electron chi connectivity index (χ2n) is 2.81. The van der Waals surface area contributed by atoms with Crippen molar-refractivity contribution in [3.05, 3.63) is 54.8 Å². The molecule has 0 radical (unpaired) electrons. The summed E-state index contributed by atoms with van der Waals surface area (Å²) < 4.78 is 0. The van der Waals surface area contributed by atoms with Gasteiger partial charge in [-0.25, -0.2) is 0 Å². The summed E-state index contributed by atoms with van der Waals surface area (Å²) in [5.41, 5.74) is 1.20. The molecule has 1 nitrogen and oxygen atoms in total. The molecule has 13 heavy (non-hydrogen) atoms. The molecule has 0 saturated carbocycles. The van der Waals surface area contributed by atoms with Crippen molar-refractivity contribution >= 4 is 5.69 Å². The van der Waals surface area contributed by atoms with Gasteiger partial charge in [-0.3, -0.25) is 0 Å². The lowest BCUT2D eigenvalue weighted by molar-refractivity contribution is 1.20. The third-order valence-corrected chi connectivity index (χ3v) is 1.78. The van der Waals surface area contributed by atoms with Gasteiger partial charge in [0.2, 0.25) is 0 Å². The zero-order valence-electron chi connectivity index (χ0n) is 8.14. The first-order valence-corrected chi connectivity index (χ1v) is 4.42. The molecular weight excluding hydrogens is 158 g/mol. The van der Waals surface area contributed by atoms with Crippen LogP contribution in [-0.2, 0) is 0 Å². The summed E-state index contributed by atoms with van der Waals surface area (Å²) in [5, 5.41) is 0. The van der Waals surface area contributed by atoms with Crippen LogP contribution in [0.1, 0.15) is 6.92 Å². The molecule has 0 aliphatic rings. The van der Waals surface area contributed by atoms with Gasteiger partial charge in [0.25, 0.3) is 0 Å². The maximum atomic E-state index is 2.08. The molecule has 0 aliphatic heterocycles. The topological polar surface area (TPSA) is 3.24 Å². The highest BCUT2D eigenvalue weighted by atomic mass is 15.1. The normalized spacial score (nSPS) is 11.2. The van der Waals surface area contributed by atoms with Crippen LogP contribution in [0.5, 0.6) is 0 Å². The number of allylic oxidation sites excluding steroid dienone is 3. The van der Waals surface area contributed by atoms with Crippen molar-refractivity contribution in [2.75, 3.05) is 11.9 Å². The van der Waals surface area contributed by atoms with E-state index in [-0.39, 0.29) is 0 Å². The Bertz CT molecular complexity index is 285. The van der Waals surface area contributed by atoms with E-state index in [1.54, 1.807) is 0 Å². The first-order chi connectivity index (χ1) is 6.34. The van der Waals surface area contributed by atoms with E-state index in [0.717, 1.165) is 0 Å². The molecular formula is C12H15N. The third kappa shape index (κ3) is 3.16. The van der Waals surface area contributed by atoms with E-state index in [1.807, 2.05) is 56.6 Å². The van der Waals surface area contributed by atoms with Gasteiger partial charge in [0.1, 0.15) is 0 Å². The first-order valence-electron chi connectivity index (χ1n) is 4.42. The van der Waals surface area contributed by atoms with Gasteiger partial charge in [-0.1, -0.05) is 30.4 Å². The predicted molar refractivity (Wildman–Crippen MR) is 58.8 cm³/mol. The number of nitrogens with zero attached hydrogens (tertiary/aromatic N) is 1. The highest BCUT2D eigenvalue weighted by Crippen LogP contribution is 2.10. The molecule has 0 fully saturated rings. The van der Waals surface area contributed by atoms with E-state index in [9.17, 15) is 0 Å². The Kier molecular flexibility index (Phi) is 3.83. The highest BCUT2D eigenvalue weighted by molar-refractivity contribution is 5.47. The molecule has 0 heterocycles. The van der Waals surface area contributed by atoms with Crippen molar-refractivity contribution in [1.82, 2.24) is 0 Å².